The van der Waals surface area contributed by atoms with Gasteiger partial charge in [-0.15, -0.1) is 4.21 Å². The molecule has 0 unspecified atom stereocenters. The van der Waals surface area contributed by atoms with Gasteiger partial charge >= 0.3 is 6.09 Å². The minimum absolute atomic E-state index is 0.0483. The molecule has 0 aliphatic carbocycles. The van der Waals surface area contributed by atoms with E-state index < -0.39 is 27.7 Å². The number of carbonyl (C=O) groups is 1. The molecule has 0 aliphatic rings. The van der Waals surface area contributed by atoms with E-state index in [9.17, 15) is 14.1 Å². The first-order chi connectivity index (χ1) is 8.93. The molecule has 0 spiro atoms. The summed E-state index contributed by atoms with van der Waals surface area (Å²) in [5, 5.41) is 24.0. The van der Waals surface area contributed by atoms with Gasteiger partial charge in [-0.2, -0.15) is 5.26 Å². The lowest BCUT2D eigenvalue weighted by atomic mass is 10.1. The van der Waals surface area contributed by atoms with E-state index in [2.05, 4.69) is 5.32 Å². The summed E-state index contributed by atoms with van der Waals surface area (Å²) in [5.74, 6) is -0.300. The number of nitrogens with zero attached hydrogens (tertiary/aromatic N) is 1. The molecule has 1 amide bonds. The maximum Gasteiger partial charge on any atom is 0.408 e. The smallest absolute Gasteiger partial charge is 0.408 e. The molecule has 0 radical (unpaired) electrons. The van der Waals surface area contributed by atoms with Gasteiger partial charge in [-0.3, -0.25) is 0 Å². The van der Waals surface area contributed by atoms with Crippen molar-refractivity contribution in [3.8, 4) is 6.07 Å². The summed E-state index contributed by atoms with van der Waals surface area (Å²) < 4.78 is 16.4. The first-order valence-corrected chi connectivity index (χ1v) is 8.57. The zero-order valence-corrected chi connectivity index (χ0v) is 13.4. The van der Waals surface area contributed by atoms with Gasteiger partial charge in [0.25, 0.3) is 0 Å². The zero-order chi connectivity index (χ0) is 16.0. The van der Waals surface area contributed by atoms with Crippen LogP contribution in [0.15, 0.2) is 11.2 Å². The van der Waals surface area contributed by atoms with Crippen molar-refractivity contribution in [2.24, 2.45) is 0 Å². The van der Waals surface area contributed by atoms with Crippen LogP contribution in [0.4, 0.5) is 4.79 Å². The number of amides is 1. The van der Waals surface area contributed by atoms with Crippen LogP contribution in [0.1, 0.15) is 33.6 Å². The molecule has 1 N–H and O–H groups in total. The van der Waals surface area contributed by atoms with E-state index in [1.165, 1.54) is 12.5 Å². The topological polar surface area (TPSA) is 102 Å². The van der Waals surface area contributed by atoms with E-state index >= 15 is 0 Å². The molecule has 0 aromatic carbocycles. The Morgan fingerprint density at radius 1 is 1.50 bits per heavy atom. The summed E-state index contributed by atoms with van der Waals surface area (Å²) in [6.45, 7) is 5.14. The maximum atomic E-state index is 11.5. The highest BCUT2D eigenvalue weighted by atomic mass is 32.2. The van der Waals surface area contributed by atoms with Gasteiger partial charge in [0.2, 0.25) is 0 Å². The third-order valence-electron chi connectivity index (χ3n) is 1.94. The average Bonchev–Trinajstić information content (AvgIpc) is 2.18. The molecular formula is C13H22N2O4S. The molecule has 0 rings (SSSR count). The molecule has 1 atom stereocenters. The minimum Gasteiger partial charge on any atom is -0.873 e. The third kappa shape index (κ3) is 10.4. The number of alkyl carbamates (subject to hydrolysis) is 1. The SMILES string of the molecule is CC(C)(C)OC(=O)N[C@H](C#N)CC/C([O-])=C/[S+](C)(C)=O. The van der Waals surface area contributed by atoms with Crippen LogP contribution < -0.4 is 10.4 Å². The molecule has 0 saturated carbocycles. The quantitative estimate of drug-likeness (QED) is 0.606. The summed E-state index contributed by atoms with van der Waals surface area (Å²) in [5.41, 5.74) is -0.649. The molecule has 0 bridgehead atoms. The van der Waals surface area contributed by atoms with E-state index in [-0.39, 0.29) is 18.6 Å². The van der Waals surface area contributed by atoms with Crippen molar-refractivity contribution in [2.45, 2.75) is 45.3 Å². The highest BCUT2D eigenvalue weighted by molar-refractivity contribution is 8.04. The van der Waals surface area contributed by atoms with Crippen molar-refractivity contribution < 1.29 is 18.8 Å². The van der Waals surface area contributed by atoms with Crippen molar-refractivity contribution in [1.82, 2.24) is 5.32 Å². The summed E-state index contributed by atoms with van der Waals surface area (Å²) in [6, 6.07) is 1.07. The number of rotatable bonds is 5. The second-order valence-electron chi connectivity index (χ2n) is 5.76. The number of carbonyl (C=O) groups excluding carboxylic acids is 1. The Hall–Kier alpha value is -1.55. The highest BCUT2D eigenvalue weighted by Crippen LogP contribution is 2.09. The lowest BCUT2D eigenvalue weighted by Gasteiger charge is -2.21. The van der Waals surface area contributed by atoms with Crippen LogP contribution in [0.5, 0.6) is 0 Å². The van der Waals surface area contributed by atoms with Gasteiger partial charge in [-0.1, -0.05) is 5.76 Å². The molecule has 0 aromatic heterocycles. The number of hydrogen-bond acceptors (Lipinski definition) is 5. The van der Waals surface area contributed by atoms with Gasteiger partial charge in [0, 0.05) is 0 Å². The van der Waals surface area contributed by atoms with Gasteiger partial charge in [-0.25, -0.2) is 4.79 Å². The van der Waals surface area contributed by atoms with Crippen LogP contribution in [0, 0.1) is 11.3 Å². The normalized spacial score (nSPS) is 14.3. The molecule has 0 heterocycles. The fourth-order valence-electron chi connectivity index (χ4n) is 1.28. The van der Waals surface area contributed by atoms with Gasteiger partial charge in [0.1, 0.15) is 39.5 Å². The van der Waals surface area contributed by atoms with E-state index in [1.54, 1.807) is 20.8 Å². The van der Waals surface area contributed by atoms with Crippen LogP contribution in [0.3, 0.4) is 0 Å². The molecule has 0 fully saturated rings. The lowest BCUT2D eigenvalue weighted by Crippen LogP contribution is -2.38. The van der Waals surface area contributed by atoms with Crippen LogP contribution in [-0.2, 0) is 18.9 Å². The van der Waals surface area contributed by atoms with Crippen molar-refractivity contribution in [2.75, 3.05) is 12.5 Å². The Kier molecular flexibility index (Phi) is 6.73. The molecular weight excluding hydrogens is 280 g/mol. The van der Waals surface area contributed by atoms with Gasteiger partial charge in [-0.05, 0) is 33.6 Å². The highest BCUT2D eigenvalue weighted by Gasteiger charge is 2.19. The minimum atomic E-state index is -2.24. The standard InChI is InChI=1S/C13H22N2O4S/c1-13(2,3)19-12(17)15-10(8-14)6-7-11(16)9-20(4,5)18/h9-10H,6-7H2,1-5H3,(H-,15,16,17,18)/t10-/m0/s1. The van der Waals surface area contributed by atoms with Crippen molar-refractivity contribution in [3.05, 3.63) is 11.2 Å². The monoisotopic (exact) mass is 302 g/mol. The van der Waals surface area contributed by atoms with E-state index in [0.717, 1.165) is 5.41 Å². The Morgan fingerprint density at radius 2 is 2.05 bits per heavy atom. The Morgan fingerprint density at radius 3 is 2.45 bits per heavy atom. The van der Waals surface area contributed by atoms with Crippen molar-refractivity contribution in [3.63, 3.8) is 0 Å². The number of nitriles is 1. The molecule has 114 valence electrons. The van der Waals surface area contributed by atoms with E-state index in [4.69, 9.17) is 10.00 Å². The van der Waals surface area contributed by atoms with Gasteiger partial charge in [0.05, 0.1) is 6.07 Å². The summed E-state index contributed by atoms with van der Waals surface area (Å²) in [6.07, 6.45) is 2.43. The number of ether oxygens (including phenoxy) is 1. The fraction of sp³-hybridized carbons (Fsp3) is 0.692. The van der Waals surface area contributed by atoms with Crippen LogP contribution in [-0.4, -0.2) is 30.2 Å². The number of allylic oxidation sites excluding steroid dienone is 1. The molecule has 7 heteroatoms. The van der Waals surface area contributed by atoms with Crippen LogP contribution >= 0.6 is 0 Å². The summed E-state index contributed by atoms with van der Waals surface area (Å²) in [7, 11) is -2.24. The molecule has 6 nitrogen and oxygen atoms in total. The number of nitrogens with one attached hydrogen (secondary N) is 1. The van der Waals surface area contributed by atoms with Crippen LogP contribution in [0.2, 0.25) is 0 Å². The largest absolute Gasteiger partial charge is 0.873 e. The second kappa shape index (κ2) is 7.29. The molecule has 0 aromatic rings. The van der Waals surface area contributed by atoms with E-state index in [0.29, 0.717) is 0 Å². The second-order valence-corrected chi connectivity index (χ2v) is 8.61. The van der Waals surface area contributed by atoms with Gasteiger partial charge < -0.3 is 15.2 Å². The van der Waals surface area contributed by atoms with Crippen molar-refractivity contribution >= 4 is 16.0 Å². The van der Waals surface area contributed by atoms with Crippen molar-refractivity contribution in [1.29, 1.82) is 5.26 Å². The third-order valence-corrected chi connectivity index (χ3v) is 2.77. The first-order valence-electron chi connectivity index (χ1n) is 6.14. The fourth-order valence-corrected chi connectivity index (χ4v) is 2.03. The first kappa shape index (κ1) is 18.4. The van der Waals surface area contributed by atoms with E-state index in [1.807, 2.05) is 6.07 Å². The van der Waals surface area contributed by atoms with Gasteiger partial charge in [0.15, 0.2) is 0 Å². The Labute approximate surface area is 121 Å². The summed E-state index contributed by atoms with van der Waals surface area (Å²) in [4.78, 5) is 11.5. The predicted molar refractivity (Wildman–Crippen MR) is 76.0 cm³/mol. The lowest BCUT2D eigenvalue weighted by molar-refractivity contribution is -0.306. The number of hydrogen-bond donors (Lipinski definition) is 1. The van der Waals surface area contributed by atoms with Crippen LogP contribution in [0.25, 0.3) is 0 Å². The molecule has 0 aliphatic heterocycles. The Bertz CT molecular complexity index is 454. The molecule has 0 saturated heterocycles. The Balaban J connectivity index is 4.39. The zero-order valence-electron chi connectivity index (χ0n) is 12.6. The molecule has 20 heavy (non-hydrogen) atoms. The predicted octanol–water partition coefficient (Wildman–Crippen LogP) is 1.14. The maximum absolute atomic E-state index is 11.5. The average molecular weight is 302 g/mol. The summed E-state index contributed by atoms with van der Waals surface area (Å²) >= 11 is 0.